The van der Waals surface area contributed by atoms with Gasteiger partial charge in [-0.1, -0.05) is 37.7 Å². The monoisotopic (exact) mass is 485 g/mol. The third kappa shape index (κ3) is 5.27. The number of esters is 1. The van der Waals surface area contributed by atoms with Crippen LogP contribution in [0.4, 0.5) is 5.00 Å². The van der Waals surface area contributed by atoms with Gasteiger partial charge in [0, 0.05) is 4.88 Å². The number of amides is 1. The molecule has 0 fully saturated rings. The van der Waals surface area contributed by atoms with Gasteiger partial charge in [-0.15, -0.1) is 16.4 Å². The average molecular weight is 486 g/mol. The number of hydrogen-bond donors (Lipinski definition) is 1. The van der Waals surface area contributed by atoms with Gasteiger partial charge in [0.1, 0.15) is 5.00 Å². The average Bonchev–Trinajstić information content (AvgIpc) is 3.41. The minimum Gasteiger partial charge on any atom is -0.462 e. The predicted octanol–water partition coefficient (Wildman–Crippen LogP) is 4.32. The number of anilines is 1. The smallest absolute Gasteiger partial charge is 0.341 e. The largest absolute Gasteiger partial charge is 0.462 e. The fraction of sp³-hybridized carbons (Fsp3) is 0.435. The number of nitrogens with zero attached hydrogens (tertiary/aromatic N) is 4. The number of fused-ring (bicyclic) bond motifs is 1. The second-order valence-electron chi connectivity index (χ2n) is 8.01. The molecule has 33 heavy (non-hydrogen) atoms. The summed E-state index contributed by atoms with van der Waals surface area (Å²) in [6.45, 7) is 6.39. The maximum atomic E-state index is 12.8. The number of ether oxygens (including phenoxy) is 1. The van der Waals surface area contributed by atoms with E-state index in [4.69, 9.17) is 4.74 Å². The Bertz CT molecular complexity index is 1140. The van der Waals surface area contributed by atoms with E-state index in [-0.39, 0.29) is 17.6 Å². The van der Waals surface area contributed by atoms with Crippen LogP contribution in [0.3, 0.4) is 0 Å². The number of tetrazole rings is 1. The zero-order valence-corrected chi connectivity index (χ0v) is 20.6. The first kappa shape index (κ1) is 23.4. The zero-order valence-electron chi connectivity index (χ0n) is 19.0. The number of benzene rings is 1. The molecule has 1 aromatic carbocycles. The summed E-state index contributed by atoms with van der Waals surface area (Å²) >= 11 is 2.74. The Kier molecular flexibility index (Phi) is 7.44. The van der Waals surface area contributed by atoms with Crippen LogP contribution >= 0.6 is 23.1 Å². The van der Waals surface area contributed by atoms with Crippen molar-refractivity contribution in [3.8, 4) is 5.69 Å². The molecule has 0 aliphatic heterocycles. The first-order valence-electron chi connectivity index (χ1n) is 11.1. The highest BCUT2D eigenvalue weighted by Crippen LogP contribution is 2.40. The molecule has 2 aromatic heterocycles. The van der Waals surface area contributed by atoms with E-state index in [1.165, 1.54) is 33.5 Å². The Morgan fingerprint density at radius 2 is 2.06 bits per heavy atom. The third-order valence-electron chi connectivity index (χ3n) is 5.61. The molecule has 0 spiro atoms. The quantitative estimate of drug-likeness (QED) is 0.375. The molecule has 1 N–H and O–H groups in total. The van der Waals surface area contributed by atoms with Crippen molar-refractivity contribution in [3.05, 3.63) is 45.8 Å². The van der Waals surface area contributed by atoms with Crippen molar-refractivity contribution in [2.24, 2.45) is 5.92 Å². The van der Waals surface area contributed by atoms with Gasteiger partial charge in [-0.3, -0.25) is 4.79 Å². The number of hydrogen-bond acceptors (Lipinski definition) is 8. The number of aryl methyl sites for hydroxylation is 1. The minimum atomic E-state index is -0.369. The van der Waals surface area contributed by atoms with E-state index in [1.807, 2.05) is 24.3 Å². The predicted molar refractivity (Wildman–Crippen MR) is 129 cm³/mol. The van der Waals surface area contributed by atoms with Gasteiger partial charge in [0.25, 0.3) is 0 Å². The highest BCUT2D eigenvalue weighted by Gasteiger charge is 2.29. The standard InChI is InChI=1S/C23H27N5O3S2/c1-4-15-7-9-16(10-8-15)28-23(25-26-27-28)32-13-19(29)24-21-20(22(30)31-5-2)17-11-6-14(3)12-18(17)33-21/h7-10,14H,4-6,11-13H2,1-3H3,(H,24,29). The molecular formula is C23H27N5O3S2. The number of aromatic nitrogens is 4. The summed E-state index contributed by atoms with van der Waals surface area (Å²) in [6.07, 6.45) is 3.73. The number of nitrogens with one attached hydrogen (secondary N) is 1. The van der Waals surface area contributed by atoms with Crippen LogP contribution in [0.5, 0.6) is 0 Å². The summed E-state index contributed by atoms with van der Waals surface area (Å²) in [7, 11) is 0. The Hall–Kier alpha value is -2.72. The van der Waals surface area contributed by atoms with E-state index in [0.29, 0.717) is 28.2 Å². The summed E-state index contributed by atoms with van der Waals surface area (Å²) in [4.78, 5) is 26.6. The normalized spacial score (nSPS) is 15.2. The summed E-state index contributed by atoms with van der Waals surface area (Å²) < 4.78 is 6.90. The van der Waals surface area contributed by atoms with Gasteiger partial charge < -0.3 is 10.1 Å². The number of carbonyl (C=O) groups is 2. The van der Waals surface area contributed by atoms with E-state index in [9.17, 15) is 9.59 Å². The lowest BCUT2D eigenvalue weighted by atomic mass is 9.88. The van der Waals surface area contributed by atoms with Gasteiger partial charge in [-0.05, 0) is 72.2 Å². The number of thiophene rings is 1. The van der Waals surface area contributed by atoms with E-state index >= 15 is 0 Å². The molecule has 3 aromatic rings. The SMILES string of the molecule is CCOC(=O)c1c(NC(=O)CSc2nnnn2-c2ccc(CC)cc2)sc2c1CCC(C)C2. The number of carbonyl (C=O) groups excluding carboxylic acids is 2. The zero-order chi connectivity index (χ0) is 23.4. The molecule has 174 valence electrons. The maximum absolute atomic E-state index is 12.8. The van der Waals surface area contributed by atoms with Crippen LogP contribution in [0.15, 0.2) is 29.4 Å². The van der Waals surface area contributed by atoms with Gasteiger partial charge in [0.05, 0.1) is 23.6 Å². The maximum Gasteiger partial charge on any atom is 0.341 e. The van der Waals surface area contributed by atoms with Crippen LogP contribution in [0.25, 0.3) is 5.69 Å². The fourth-order valence-electron chi connectivity index (χ4n) is 3.85. The molecule has 1 amide bonds. The molecule has 10 heteroatoms. The van der Waals surface area contributed by atoms with Crippen LogP contribution in [-0.4, -0.2) is 44.4 Å². The second-order valence-corrected chi connectivity index (χ2v) is 10.1. The van der Waals surface area contributed by atoms with Gasteiger partial charge >= 0.3 is 5.97 Å². The molecule has 1 aliphatic rings. The van der Waals surface area contributed by atoms with Crippen LogP contribution in [-0.2, 0) is 28.8 Å². The highest BCUT2D eigenvalue weighted by molar-refractivity contribution is 7.99. The number of thioether (sulfide) groups is 1. The first-order chi connectivity index (χ1) is 16.0. The third-order valence-corrected chi connectivity index (χ3v) is 7.70. The van der Waals surface area contributed by atoms with Gasteiger partial charge in [0.2, 0.25) is 11.1 Å². The molecule has 4 rings (SSSR count). The van der Waals surface area contributed by atoms with Crippen LogP contribution in [0.1, 0.15) is 53.6 Å². The lowest BCUT2D eigenvalue weighted by Gasteiger charge is -2.18. The van der Waals surface area contributed by atoms with Crippen molar-refractivity contribution < 1.29 is 14.3 Å². The summed E-state index contributed by atoms with van der Waals surface area (Å²) in [5, 5.41) is 15.9. The topological polar surface area (TPSA) is 99.0 Å². The lowest BCUT2D eigenvalue weighted by molar-refractivity contribution is -0.113. The van der Waals surface area contributed by atoms with E-state index in [2.05, 4.69) is 34.7 Å². The Labute approximate surface area is 201 Å². The second kappa shape index (κ2) is 10.5. The summed E-state index contributed by atoms with van der Waals surface area (Å²) in [6, 6.07) is 7.99. The highest BCUT2D eigenvalue weighted by atomic mass is 32.2. The molecule has 2 heterocycles. The Morgan fingerprint density at radius 1 is 1.27 bits per heavy atom. The molecule has 0 saturated heterocycles. The van der Waals surface area contributed by atoms with Crippen LogP contribution in [0.2, 0.25) is 0 Å². The number of rotatable bonds is 8. The van der Waals surface area contributed by atoms with Crippen molar-refractivity contribution in [2.75, 3.05) is 17.7 Å². The molecular weight excluding hydrogens is 458 g/mol. The van der Waals surface area contributed by atoms with E-state index < -0.39 is 0 Å². The van der Waals surface area contributed by atoms with E-state index in [1.54, 1.807) is 11.6 Å². The van der Waals surface area contributed by atoms with Gasteiger partial charge in [0.15, 0.2) is 0 Å². The fourth-order valence-corrected chi connectivity index (χ4v) is 5.96. The van der Waals surface area contributed by atoms with Crippen molar-refractivity contribution in [1.29, 1.82) is 0 Å². The minimum absolute atomic E-state index is 0.120. The van der Waals surface area contributed by atoms with E-state index in [0.717, 1.165) is 36.9 Å². The Balaban J connectivity index is 1.47. The Morgan fingerprint density at radius 3 is 2.79 bits per heavy atom. The summed E-state index contributed by atoms with van der Waals surface area (Å²) in [5.74, 6) is 0.102. The summed E-state index contributed by atoms with van der Waals surface area (Å²) in [5.41, 5.74) is 3.61. The lowest BCUT2D eigenvalue weighted by Crippen LogP contribution is -2.18. The van der Waals surface area contributed by atoms with Crippen molar-refractivity contribution in [2.45, 2.75) is 51.6 Å². The molecule has 0 bridgehead atoms. The molecule has 1 unspecified atom stereocenters. The molecule has 0 saturated carbocycles. The molecule has 1 aliphatic carbocycles. The first-order valence-corrected chi connectivity index (χ1v) is 12.9. The molecule has 1 atom stereocenters. The molecule has 8 nitrogen and oxygen atoms in total. The van der Waals surface area contributed by atoms with Gasteiger partial charge in [-0.2, -0.15) is 4.68 Å². The van der Waals surface area contributed by atoms with Gasteiger partial charge in [-0.25, -0.2) is 4.79 Å². The van der Waals surface area contributed by atoms with Crippen molar-refractivity contribution in [1.82, 2.24) is 20.2 Å². The van der Waals surface area contributed by atoms with Crippen molar-refractivity contribution in [3.63, 3.8) is 0 Å². The van der Waals surface area contributed by atoms with Crippen molar-refractivity contribution >= 4 is 40.0 Å². The molecule has 0 radical (unpaired) electrons. The van der Waals surface area contributed by atoms with Crippen LogP contribution < -0.4 is 5.32 Å². The van der Waals surface area contributed by atoms with Crippen LogP contribution in [0, 0.1) is 5.92 Å².